The Balaban J connectivity index is 1.92. The maximum absolute atomic E-state index is 6.31. The number of halogens is 1. The number of guanidine groups is 1. The van der Waals surface area contributed by atoms with Gasteiger partial charge in [0.2, 0.25) is 11.8 Å². The van der Waals surface area contributed by atoms with E-state index < -0.39 is 0 Å². The van der Waals surface area contributed by atoms with Crippen LogP contribution in [0.2, 0.25) is 0 Å². The molecule has 108 valence electrons. The first kappa shape index (κ1) is 13.6. The summed E-state index contributed by atoms with van der Waals surface area (Å²) in [7, 11) is 3.15. The molecule has 0 aromatic heterocycles. The van der Waals surface area contributed by atoms with E-state index in [-0.39, 0.29) is 4.11 Å². The number of anilines is 1. The van der Waals surface area contributed by atoms with Crippen molar-refractivity contribution in [2.75, 3.05) is 19.5 Å². The van der Waals surface area contributed by atoms with Gasteiger partial charge >= 0.3 is 0 Å². The Bertz CT molecular complexity index is 698. The van der Waals surface area contributed by atoms with E-state index in [2.05, 4.69) is 20.4 Å². The van der Waals surface area contributed by atoms with Crippen molar-refractivity contribution in [2.24, 2.45) is 15.1 Å². The number of fused-ring (bicyclic) bond motifs is 1. The van der Waals surface area contributed by atoms with Gasteiger partial charge in [-0.1, -0.05) is 6.07 Å². The summed E-state index contributed by atoms with van der Waals surface area (Å²) >= 11 is 6.31. The van der Waals surface area contributed by atoms with Crippen LogP contribution >= 0.6 is 11.8 Å². The summed E-state index contributed by atoms with van der Waals surface area (Å²) in [5.74, 6) is 2.06. The zero-order chi connectivity index (χ0) is 14.9. The van der Waals surface area contributed by atoms with E-state index in [9.17, 15) is 0 Å². The molecule has 0 bridgehead atoms. The molecule has 1 aromatic rings. The maximum atomic E-state index is 6.31. The third kappa shape index (κ3) is 2.37. The van der Waals surface area contributed by atoms with Gasteiger partial charge in [0.15, 0.2) is 17.7 Å². The third-order valence-corrected chi connectivity index (χ3v) is 3.33. The average molecular weight is 307 g/mol. The van der Waals surface area contributed by atoms with Gasteiger partial charge in [0, 0.05) is 0 Å². The highest BCUT2D eigenvalue weighted by Gasteiger charge is 2.39. The fourth-order valence-electron chi connectivity index (χ4n) is 2.01. The first-order valence-electron chi connectivity index (χ1n) is 6.13. The van der Waals surface area contributed by atoms with Crippen molar-refractivity contribution in [3.05, 3.63) is 30.6 Å². The maximum Gasteiger partial charge on any atom is 0.300 e. The fourth-order valence-corrected chi connectivity index (χ4v) is 2.21. The summed E-state index contributed by atoms with van der Waals surface area (Å²) in [6, 6.07) is 5.48. The number of hydrogen-bond donors (Lipinski definition) is 1. The first-order chi connectivity index (χ1) is 10.2. The SMILES string of the molecule is COc1cccc(NC2=N[N+]3(Cl)C=CN=CC3=N2)c1OC. The Kier molecular flexibility index (Phi) is 3.36. The van der Waals surface area contributed by atoms with E-state index in [0.717, 1.165) is 0 Å². The molecular weight excluding hydrogens is 294 g/mol. The highest BCUT2D eigenvalue weighted by atomic mass is 35.5. The second-order valence-electron chi connectivity index (χ2n) is 4.24. The molecule has 2 aliphatic rings. The molecule has 0 spiro atoms. The van der Waals surface area contributed by atoms with Crippen molar-refractivity contribution in [1.29, 1.82) is 0 Å². The summed E-state index contributed by atoms with van der Waals surface area (Å²) in [4.78, 5) is 8.29. The highest BCUT2D eigenvalue weighted by molar-refractivity contribution is 6.36. The molecule has 1 unspecified atom stereocenters. The van der Waals surface area contributed by atoms with Crippen molar-refractivity contribution in [3.8, 4) is 11.5 Å². The average Bonchev–Trinajstić information content (AvgIpc) is 2.82. The van der Waals surface area contributed by atoms with Crippen LogP contribution in [0.1, 0.15) is 0 Å². The molecule has 0 amide bonds. The van der Waals surface area contributed by atoms with Crippen molar-refractivity contribution < 1.29 is 13.6 Å². The second kappa shape index (κ2) is 5.19. The van der Waals surface area contributed by atoms with Gasteiger partial charge in [-0.15, -0.1) is 4.99 Å². The molecule has 7 nitrogen and oxygen atoms in total. The van der Waals surface area contributed by atoms with Crippen LogP contribution in [0.3, 0.4) is 0 Å². The number of amidine groups is 1. The van der Waals surface area contributed by atoms with Crippen LogP contribution in [0.25, 0.3) is 0 Å². The Morgan fingerprint density at radius 1 is 1.24 bits per heavy atom. The van der Waals surface area contributed by atoms with Crippen molar-refractivity contribution in [3.63, 3.8) is 0 Å². The number of benzene rings is 1. The van der Waals surface area contributed by atoms with Crippen LogP contribution in [-0.2, 0) is 0 Å². The topological polar surface area (TPSA) is 67.6 Å². The van der Waals surface area contributed by atoms with Gasteiger partial charge < -0.3 is 14.8 Å². The smallest absolute Gasteiger partial charge is 0.300 e. The zero-order valence-corrected chi connectivity index (χ0v) is 12.2. The molecule has 1 atom stereocenters. The van der Waals surface area contributed by atoms with Crippen LogP contribution < -0.4 is 14.8 Å². The molecule has 21 heavy (non-hydrogen) atoms. The van der Waals surface area contributed by atoms with E-state index in [1.54, 1.807) is 38.9 Å². The molecule has 8 heteroatoms. The first-order valence-corrected chi connectivity index (χ1v) is 6.47. The van der Waals surface area contributed by atoms with Crippen LogP contribution in [0, 0.1) is 0 Å². The summed E-state index contributed by atoms with van der Waals surface area (Å²) in [5, 5.41) is 7.38. The van der Waals surface area contributed by atoms with E-state index in [0.29, 0.717) is 29.0 Å². The predicted molar refractivity (Wildman–Crippen MR) is 81.8 cm³/mol. The van der Waals surface area contributed by atoms with Crippen molar-refractivity contribution in [1.82, 2.24) is 0 Å². The second-order valence-corrected chi connectivity index (χ2v) is 4.75. The molecule has 0 fully saturated rings. The molecule has 2 aliphatic heterocycles. The minimum atomic E-state index is -0.280. The van der Waals surface area contributed by atoms with E-state index in [4.69, 9.17) is 21.3 Å². The minimum absolute atomic E-state index is 0.280. The van der Waals surface area contributed by atoms with Crippen LogP contribution in [0.5, 0.6) is 11.5 Å². The Hall–Kier alpha value is -2.38. The number of ether oxygens (including phenoxy) is 2. The number of quaternary nitrogens is 1. The van der Waals surface area contributed by atoms with Gasteiger partial charge in [-0.3, -0.25) is 4.99 Å². The van der Waals surface area contributed by atoms with Gasteiger partial charge in [-0.05, 0) is 21.3 Å². The van der Waals surface area contributed by atoms with E-state index >= 15 is 0 Å². The largest absolute Gasteiger partial charge is 0.493 e. The summed E-state index contributed by atoms with van der Waals surface area (Å²) in [5.41, 5.74) is 0.684. The van der Waals surface area contributed by atoms with Crippen LogP contribution in [0.4, 0.5) is 5.69 Å². The number of rotatable bonds is 3. The summed E-state index contributed by atoms with van der Waals surface area (Å²) in [6.07, 6.45) is 4.76. The molecule has 0 aliphatic carbocycles. The van der Waals surface area contributed by atoms with Gasteiger partial charge in [0.25, 0.3) is 11.8 Å². The number of aliphatic imine (C=N–C) groups is 2. The Morgan fingerprint density at radius 3 is 2.81 bits per heavy atom. The number of nitrogens with zero attached hydrogens (tertiary/aromatic N) is 4. The lowest BCUT2D eigenvalue weighted by molar-refractivity contribution is -0.659. The number of methoxy groups -OCH3 is 2. The Labute approximate surface area is 126 Å². The van der Waals surface area contributed by atoms with Gasteiger partial charge in [-0.25, -0.2) is 0 Å². The summed E-state index contributed by atoms with van der Waals surface area (Å²) < 4.78 is 10.3. The van der Waals surface area contributed by atoms with Crippen LogP contribution in [-0.4, -0.2) is 36.3 Å². The molecule has 1 aromatic carbocycles. The molecule has 1 N–H and O–H groups in total. The molecular formula is C13H13ClN5O2+. The Morgan fingerprint density at radius 2 is 2.10 bits per heavy atom. The molecule has 0 radical (unpaired) electrons. The normalized spacial score (nSPS) is 22.4. The molecule has 0 saturated carbocycles. The minimum Gasteiger partial charge on any atom is -0.493 e. The number of nitrogens with one attached hydrogen (secondary N) is 1. The third-order valence-electron chi connectivity index (χ3n) is 2.97. The molecule has 0 saturated heterocycles. The molecule has 2 heterocycles. The molecule has 3 rings (SSSR count). The lowest BCUT2D eigenvalue weighted by Crippen LogP contribution is -2.33. The summed E-state index contributed by atoms with van der Waals surface area (Å²) in [6.45, 7) is 0. The highest BCUT2D eigenvalue weighted by Crippen LogP contribution is 2.35. The van der Waals surface area contributed by atoms with Crippen molar-refractivity contribution >= 4 is 35.5 Å². The van der Waals surface area contributed by atoms with Gasteiger partial charge in [0.05, 0.1) is 26.1 Å². The zero-order valence-electron chi connectivity index (χ0n) is 11.4. The number of hydrogen-bond acceptors (Lipinski definition) is 6. The van der Waals surface area contributed by atoms with Crippen molar-refractivity contribution in [2.45, 2.75) is 0 Å². The van der Waals surface area contributed by atoms with Gasteiger partial charge in [0.1, 0.15) is 6.21 Å². The lowest BCUT2D eigenvalue weighted by Gasteiger charge is -2.13. The standard InChI is InChI=1S/C13H13ClN5O2/c1-20-10-5-3-4-9(12(10)21-2)16-13-17-11-8-15-6-7-19(11,14)18-13/h3-8H,1-2H3,(H,16,18)/q+1. The quantitative estimate of drug-likeness (QED) is 0.871. The predicted octanol–water partition coefficient (Wildman–Crippen LogP) is 2.33. The van der Waals surface area contributed by atoms with Gasteiger partial charge in [-0.2, -0.15) is 0 Å². The van der Waals surface area contributed by atoms with E-state index in [1.807, 2.05) is 12.1 Å². The van der Waals surface area contributed by atoms with Crippen LogP contribution in [0.15, 0.2) is 45.7 Å². The van der Waals surface area contributed by atoms with E-state index in [1.165, 1.54) is 0 Å². The number of para-hydroxylation sites is 1. The fraction of sp³-hybridized carbons (Fsp3) is 0.154. The monoisotopic (exact) mass is 306 g/mol. The lowest BCUT2D eigenvalue weighted by atomic mass is 10.2.